The Morgan fingerprint density at radius 2 is 2.42 bits per heavy atom. The minimum absolute atomic E-state index is 0.155. The highest BCUT2D eigenvalue weighted by atomic mass is 35.5. The molecular weight excluding hydrogens is 196 g/mol. The summed E-state index contributed by atoms with van der Waals surface area (Å²) in [5.74, 6) is -0.00901. The Hall–Kier alpha value is -0.740. The molecule has 3 nitrogen and oxygen atoms in total. The lowest BCUT2D eigenvalue weighted by molar-refractivity contribution is -0.113. The van der Waals surface area contributed by atoms with E-state index in [1.54, 1.807) is 12.1 Å². The fourth-order valence-electron chi connectivity index (χ4n) is 0.650. The van der Waals surface area contributed by atoms with E-state index in [1.807, 2.05) is 0 Å². The Morgan fingerprint density at radius 1 is 1.67 bits per heavy atom. The number of carbonyl (C=O) groups is 1. The van der Waals surface area contributed by atoms with Gasteiger partial charge in [-0.3, -0.25) is 4.79 Å². The van der Waals surface area contributed by atoms with E-state index in [-0.39, 0.29) is 11.7 Å². The SMILES string of the molecule is O=C(CS)Nc1ccc(Cl)nc1. The Morgan fingerprint density at radius 3 is 2.92 bits per heavy atom. The third kappa shape index (κ3) is 2.71. The van der Waals surface area contributed by atoms with Crippen molar-refractivity contribution in [3.63, 3.8) is 0 Å². The Bertz CT molecular complexity index is 275. The van der Waals surface area contributed by atoms with E-state index in [2.05, 4.69) is 22.9 Å². The van der Waals surface area contributed by atoms with Crippen LogP contribution < -0.4 is 5.32 Å². The molecule has 0 aliphatic rings. The van der Waals surface area contributed by atoms with Gasteiger partial charge in [-0.2, -0.15) is 12.6 Å². The number of nitrogens with zero attached hydrogens (tertiary/aromatic N) is 1. The van der Waals surface area contributed by atoms with Crippen LogP contribution >= 0.6 is 24.2 Å². The predicted molar refractivity (Wildman–Crippen MR) is 51.7 cm³/mol. The van der Waals surface area contributed by atoms with Crippen molar-refractivity contribution in [3.8, 4) is 0 Å². The topological polar surface area (TPSA) is 42.0 Å². The van der Waals surface area contributed by atoms with E-state index < -0.39 is 0 Å². The number of rotatable bonds is 2. The van der Waals surface area contributed by atoms with Crippen molar-refractivity contribution in [1.82, 2.24) is 4.98 Å². The molecule has 0 radical (unpaired) electrons. The standard InChI is InChI=1S/C7H7ClN2OS/c8-6-2-1-5(3-9-6)10-7(11)4-12/h1-3,12H,4H2,(H,10,11). The number of pyridine rings is 1. The van der Waals surface area contributed by atoms with E-state index in [0.717, 1.165) is 0 Å². The highest BCUT2D eigenvalue weighted by molar-refractivity contribution is 7.81. The maximum Gasteiger partial charge on any atom is 0.234 e. The number of anilines is 1. The molecule has 0 aromatic carbocycles. The number of nitrogens with one attached hydrogen (secondary N) is 1. The summed E-state index contributed by atoms with van der Waals surface area (Å²) < 4.78 is 0. The van der Waals surface area contributed by atoms with Gasteiger partial charge in [-0.15, -0.1) is 0 Å². The maximum atomic E-state index is 10.8. The minimum Gasteiger partial charge on any atom is -0.324 e. The Balaban J connectivity index is 2.64. The van der Waals surface area contributed by atoms with Crippen LogP contribution in [0, 0.1) is 0 Å². The average molecular weight is 203 g/mol. The number of hydrogen-bond donors (Lipinski definition) is 2. The van der Waals surface area contributed by atoms with Crippen molar-refractivity contribution in [2.75, 3.05) is 11.1 Å². The zero-order chi connectivity index (χ0) is 8.97. The van der Waals surface area contributed by atoms with Crippen LogP contribution in [0.15, 0.2) is 18.3 Å². The van der Waals surface area contributed by atoms with Crippen LogP contribution in [0.4, 0.5) is 5.69 Å². The first kappa shape index (κ1) is 9.35. The number of amides is 1. The van der Waals surface area contributed by atoms with Crippen molar-refractivity contribution in [1.29, 1.82) is 0 Å². The summed E-state index contributed by atoms with van der Waals surface area (Å²) in [6.45, 7) is 0. The number of halogens is 1. The van der Waals surface area contributed by atoms with Gasteiger partial charge in [-0.1, -0.05) is 11.6 Å². The number of aromatic nitrogens is 1. The van der Waals surface area contributed by atoms with Gasteiger partial charge in [0.15, 0.2) is 0 Å². The highest BCUT2D eigenvalue weighted by Gasteiger charge is 1.98. The summed E-state index contributed by atoms with van der Waals surface area (Å²) in [6, 6.07) is 3.28. The maximum absolute atomic E-state index is 10.8. The van der Waals surface area contributed by atoms with Gasteiger partial charge in [0.25, 0.3) is 0 Å². The molecule has 0 atom stereocenters. The second-order valence-corrected chi connectivity index (χ2v) is 2.78. The van der Waals surface area contributed by atoms with Crippen LogP contribution in [-0.2, 0) is 4.79 Å². The molecule has 0 aliphatic carbocycles. The monoisotopic (exact) mass is 202 g/mol. The second-order valence-electron chi connectivity index (χ2n) is 2.08. The van der Waals surface area contributed by atoms with Crippen LogP contribution in [0.1, 0.15) is 0 Å². The number of thiol groups is 1. The van der Waals surface area contributed by atoms with Gasteiger partial charge >= 0.3 is 0 Å². The molecule has 1 rings (SSSR count). The van der Waals surface area contributed by atoms with Gasteiger partial charge < -0.3 is 5.32 Å². The first-order valence-electron chi connectivity index (χ1n) is 3.24. The molecular formula is C7H7ClN2OS. The Kier molecular flexibility index (Phi) is 3.37. The molecule has 5 heteroatoms. The molecule has 1 aromatic rings. The number of hydrogen-bond acceptors (Lipinski definition) is 3. The quantitative estimate of drug-likeness (QED) is 0.565. The van der Waals surface area contributed by atoms with Crippen molar-refractivity contribution in [2.45, 2.75) is 0 Å². The summed E-state index contributed by atoms with van der Waals surface area (Å²) in [6.07, 6.45) is 1.49. The molecule has 0 spiro atoms. The molecule has 0 unspecified atom stereocenters. The average Bonchev–Trinajstić information content (AvgIpc) is 2.09. The first-order valence-corrected chi connectivity index (χ1v) is 4.25. The van der Waals surface area contributed by atoms with Gasteiger partial charge in [-0.05, 0) is 12.1 Å². The van der Waals surface area contributed by atoms with Crippen LogP contribution in [-0.4, -0.2) is 16.6 Å². The summed E-state index contributed by atoms with van der Waals surface area (Å²) in [4.78, 5) is 14.6. The Labute approximate surface area is 80.6 Å². The van der Waals surface area contributed by atoms with E-state index in [0.29, 0.717) is 10.8 Å². The molecule has 0 saturated carbocycles. The molecule has 1 heterocycles. The summed E-state index contributed by atoms with van der Waals surface area (Å²) in [7, 11) is 0. The highest BCUT2D eigenvalue weighted by Crippen LogP contribution is 2.09. The summed E-state index contributed by atoms with van der Waals surface area (Å²) in [5.41, 5.74) is 0.624. The van der Waals surface area contributed by atoms with Gasteiger partial charge in [0.2, 0.25) is 5.91 Å². The summed E-state index contributed by atoms with van der Waals surface area (Å²) in [5, 5.41) is 2.98. The third-order valence-corrected chi connectivity index (χ3v) is 1.67. The van der Waals surface area contributed by atoms with E-state index in [4.69, 9.17) is 11.6 Å². The van der Waals surface area contributed by atoms with Crippen molar-refractivity contribution in [3.05, 3.63) is 23.5 Å². The fourth-order valence-corrected chi connectivity index (χ4v) is 0.841. The smallest absolute Gasteiger partial charge is 0.234 e. The normalized spacial score (nSPS) is 9.50. The molecule has 0 bridgehead atoms. The molecule has 0 aliphatic heterocycles. The van der Waals surface area contributed by atoms with E-state index >= 15 is 0 Å². The first-order chi connectivity index (χ1) is 5.72. The van der Waals surface area contributed by atoms with Gasteiger partial charge in [0.1, 0.15) is 5.15 Å². The van der Waals surface area contributed by atoms with Gasteiger partial charge in [0.05, 0.1) is 17.6 Å². The molecule has 0 fully saturated rings. The zero-order valence-electron chi connectivity index (χ0n) is 6.12. The van der Waals surface area contributed by atoms with Crippen LogP contribution in [0.5, 0.6) is 0 Å². The largest absolute Gasteiger partial charge is 0.324 e. The molecule has 1 N–H and O–H groups in total. The van der Waals surface area contributed by atoms with Crippen molar-refractivity contribution >= 4 is 35.8 Å². The van der Waals surface area contributed by atoms with Crippen LogP contribution in [0.25, 0.3) is 0 Å². The van der Waals surface area contributed by atoms with E-state index in [9.17, 15) is 4.79 Å². The van der Waals surface area contributed by atoms with Crippen LogP contribution in [0.2, 0.25) is 5.15 Å². The molecule has 64 valence electrons. The van der Waals surface area contributed by atoms with Crippen molar-refractivity contribution < 1.29 is 4.79 Å². The lowest BCUT2D eigenvalue weighted by atomic mass is 10.4. The fraction of sp³-hybridized carbons (Fsp3) is 0.143. The minimum atomic E-state index is -0.164. The van der Waals surface area contributed by atoms with Crippen molar-refractivity contribution in [2.24, 2.45) is 0 Å². The molecule has 1 amide bonds. The third-order valence-electron chi connectivity index (χ3n) is 1.15. The van der Waals surface area contributed by atoms with Gasteiger partial charge in [0, 0.05) is 0 Å². The lowest BCUT2D eigenvalue weighted by Gasteiger charge is -2.00. The van der Waals surface area contributed by atoms with E-state index in [1.165, 1.54) is 6.20 Å². The predicted octanol–water partition coefficient (Wildman–Crippen LogP) is 1.60. The molecule has 1 aromatic heterocycles. The second kappa shape index (κ2) is 4.33. The lowest BCUT2D eigenvalue weighted by Crippen LogP contribution is -2.12. The molecule has 12 heavy (non-hydrogen) atoms. The van der Waals surface area contributed by atoms with Gasteiger partial charge in [-0.25, -0.2) is 4.98 Å². The summed E-state index contributed by atoms with van der Waals surface area (Å²) >= 11 is 9.35. The number of carbonyl (C=O) groups excluding carboxylic acids is 1. The molecule has 0 saturated heterocycles. The van der Waals surface area contributed by atoms with Crippen LogP contribution in [0.3, 0.4) is 0 Å². The zero-order valence-corrected chi connectivity index (χ0v) is 7.77.